The Bertz CT molecular complexity index is 982. The van der Waals surface area contributed by atoms with E-state index in [0.29, 0.717) is 0 Å². The van der Waals surface area contributed by atoms with Crippen LogP contribution in [0.25, 0.3) is 11.2 Å². The average Bonchev–Trinajstić information content (AvgIpc) is 2.93. The van der Waals surface area contributed by atoms with Gasteiger partial charge in [-0.2, -0.15) is 4.98 Å². The number of nitrogen functional groups attached to an aromatic ring is 1. The number of nitrogens with one attached hydrogen (secondary N) is 1. The predicted octanol–water partition coefficient (Wildman–Crippen LogP) is -16.8. The first-order valence-corrected chi connectivity index (χ1v) is 10.8. The molecule has 2 aromatic rings. The van der Waals surface area contributed by atoms with E-state index in [-0.39, 0.29) is 142 Å². The van der Waals surface area contributed by atoms with Crippen molar-refractivity contribution in [3.8, 4) is 0 Å². The van der Waals surface area contributed by atoms with E-state index in [1.807, 2.05) is 0 Å². The molecule has 32 heavy (non-hydrogen) atoms. The molecule has 0 aliphatic rings. The Morgan fingerprint density at radius 2 is 1.75 bits per heavy atom. The normalized spacial score (nSPS) is 13.2. The summed E-state index contributed by atoms with van der Waals surface area (Å²) in [6.45, 7) is -1.68. The summed E-state index contributed by atoms with van der Waals surface area (Å²) in [5.74, 6) is -2.56. The number of imidazole rings is 1. The Morgan fingerprint density at radius 3 is 2.28 bits per heavy atom. The van der Waals surface area contributed by atoms with E-state index in [2.05, 4.69) is 15.0 Å². The van der Waals surface area contributed by atoms with Gasteiger partial charge < -0.3 is 53.6 Å². The molecule has 0 saturated heterocycles. The Labute approximate surface area is 270 Å². The van der Waals surface area contributed by atoms with Crippen molar-refractivity contribution in [1.29, 1.82) is 0 Å². The van der Waals surface area contributed by atoms with Gasteiger partial charge >= 0.3 is 118 Å². The number of ether oxygens (including phenoxy) is 2. The molecule has 0 fully saturated rings. The van der Waals surface area contributed by atoms with Crippen molar-refractivity contribution in [3.63, 3.8) is 0 Å². The third-order valence-corrected chi connectivity index (χ3v) is 4.67. The van der Waals surface area contributed by atoms with Gasteiger partial charge in [-0.25, -0.2) is 4.98 Å². The smallest absolute Gasteiger partial charge is 0.809 e. The maximum atomic E-state index is 11.8. The first-order valence-electron chi connectivity index (χ1n) is 7.47. The quantitative estimate of drug-likeness (QED) is 0.190. The van der Waals surface area contributed by atoms with Crippen LogP contribution in [0.2, 0.25) is 0 Å². The topological polar surface area (TPSA) is 255 Å². The second-order valence-electron chi connectivity index (χ2n) is 5.61. The van der Waals surface area contributed by atoms with Crippen LogP contribution in [-0.4, -0.2) is 56.1 Å². The zero-order valence-electron chi connectivity index (χ0n) is 18.0. The monoisotopic (exact) mass is 531 g/mol. The molecule has 0 spiro atoms. The van der Waals surface area contributed by atoms with Crippen LogP contribution in [-0.2, 0) is 25.1 Å². The number of aromatic nitrogens is 4. The molecule has 0 bridgehead atoms. The van der Waals surface area contributed by atoms with E-state index < -0.39 is 52.3 Å². The first kappa shape index (κ1) is 38.9. The molecule has 0 unspecified atom stereocenters. The number of anilines is 1. The molecule has 0 amide bonds. The fraction of sp³-hybridized carbons (Fsp3) is 0.545. The molecule has 2 heterocycles. The number of hydrogen-bond donors (Lipinski definition) is 3. The summed E-state index contributed by atoms with van der Waals surface area (Å²) in [5.41, 5.74) is 4.80. The molecule has 158 valence electrons. The average molecular weight is 531 g/mol. The summed E-state index contributed by atoms with van der Waals surface area (Å²) in [5, 5.41) is 9.27. The summed E-state index contributed by atoms with van der Waals surface area (Å²) in [6, 6.07) is 0. The third-order valence-electron chi connectivity index (χ3n) is 3.29. The van der Waals surface area contributed by atoms with Gasteiger partial charge in [-0.3, -0.25) is 9.78 Å². The van der Waals surface area contributed by atoms with Crippen molar-refractivity contribution in [2.45, 2.75) is 18.5 Å². The van der Waals surface area contributed by atoms with E-state index in [1.54, 1.807) is 0 Å². The Balaban J connectivity index is -0.00000210. The Hall–Kier alpha value is 2.33. The van der Waals surface area contributed by atoms with E-state index in [1.165, 1.54) is 10.9 Å². The van der Waals surface area contributed by atoms with E-state index in [0.717, 1.165) is 0 Å². The summed E-state index contributed by atoms with van der Waals surface area (Å²) in [4.78, 5) is 64.6. The molecular formula is C11H15N5Na4O10P2. The number of nitrogens with two attached hydrogens (primary N) is 1. The Morgan fingerprint density at radius 1 is 1.16 bits per heavy atom. The molecule has 2 rings (SSSR count). The Kier molecular flexibility index (Phi) is 20.6. The van der Waals surface area contributed by atoms with Gasteiger partial charge in [0.25, 0.3) is 5.56 Å². The molecule has 4 N–H and O–H groups in total. The molecular weight excluding hydrogens is 516 g/mol. The molecule has 21 heteroatoms. The van der Waals surface area contributed by atoms with Gasteiger partial charge in [-0.1, -0.05) is 0 Å². The molecule has 15 nitrogen and oxygen atoms in total. The van der Waals surface area contributed by atoms with Gasteiger partial charge in [-0.15, -0.1) is 0 Å². The van der Waals surface area contributed by atoms with Gasteiger partial charge in [-0.05, 0) is 15.2 Å². The van der Waals surface area contributed by atoms with Gasteiger partial charge in [0.1, 0.15) is 5.85 Å². The van der Waals surface area contributed by atoms with Crippen LogP contribution in [0, 0.1) is 0 Å². The second kappa shape index (κ2) is 17.0. The summed E-state index contributed by atoms with van der Waals surface area (Å²) < 4.78 is 32.5. The number of rotatable bonds is 10. The fourth-order valence-electron chi connectivity index (χ4n) is 2.09. The molecule has 0 saturated carbocycles. The van der Waals surface area contributed by atoms with Crippen LogP contribution in [0.5, 0.6) is 0 Å². The zero-order chi connectivity index (χ0) is 21.1. The van der Waals surface area contributed by atoms with Crippen LogP contribution in [0.15, 0.2) is 11.1 Å². The van der Waals surface area contributed by atoms with Gasteiger partial charge in [0, 0.05) is 0 Å². The van der Waals surface area contributed by atoms with Gasteiger partial charge in [0.15, 0.2) is 11.2 Å². The number of aliphatic hydroxyl groups excluding tert-OH is 1. The minimum Gasteiger partial charge on any atom is -0.809 e. The SMILES string of the molecule is Nc1nc2c(ncn2C[C@@H](COCP(=O)([O-])[O-])OC[C@@H](O)P(=O)([O-])[O-])c(=O)[nH]1.[Na+].[Na+].[Na+].[Na+]. The van der Waals surface area contributed by atoms with Crippen LogP contribution in [0.3, 0.4) is 0 Å². The van der Waals surface area contributed by atoms with Crippen molar-refractivity contribution in [2.24, 2.45) is 0 Å². The van der Waals surface area contributed by atoms with Crippen molar-refractivity contribution >= 4 is 32.3 Å². The van der Waals surface area contributed by atoms with Crippen LogP contribution in [0.4, 0.5) is 5.95 Å². The zero-order valence-corrected chi connectivity index (χ0v) is 27.8. The third kappa shape index (κ3) is 13.0. The van der Waals surface area contributed by atoms with E-state index >= 15 is 0 Å². The fourth-order valence-corrected chi connectivity index (χ4v) is 2.68. The van der Waals surface area contributed by atoms with Crippen molar-refractivity contribution < 1.29 is 162 Å². The second-order valence-corrected chi connectivity index (χ2v) is 8.76. The number of aliphatic hydroxyl groups is 1. The minimum atomic E-state index is -5.34. The van der Waals surface area contributed by atoms with Crippen molar-refractivity contribution in [3.05, 3.63) is 16.7 Å². The molecule has 0 aliphatic carbocycles. The van der Waals surface area contributed by atoms with Crippen LogP contribution < -0.4 is 149 Å². The maximum absolute atomic E-state index is 11.8. The summed E-state index contributed by atoms with van der Waals surface area (Å²) in [6.07, 6.45) is -1.13. The number of fused-ring (bicyclic) bond motifs is 1. The number of aromatic amines is 1. The number of nitrogens with zero attached hydrogens (tertiary/aromatic N) is 3. The van der Waals surface area contributed by atoms with Crippen molar-refractivity contribution in [1.82, 2.24) is 19.5 Å². The van der Waals surface area contributed by atoms with Crippen LogP contribution >= 0.6 is 15.2 Å². The standard InChI is InChI=1S/C11H19N5O10P2.4Na/c12-11-14-9-8(10(18)15-11)13-4-16(9)1-6(2-25-5-27(19,20)21)26-3-7(17)28(22,23)24;;;;/h4,6-7,17H,1-3,5H2,(H2,19,20,21)(H2,22,23,24)(H3,12,14,15,18);;;;/q;4*+1/p-4/t6-,7-;;;;/m0..../s1. The first-order chi connectivity index (χ1) is 12.9. The minimum absolute atomic E-state index is 0. The predicted molar refractivity (Wildman–Crippen MR) is 84.3 cm³/mol. The number of hydrogen-bond acceptors (Lipinski definition) is 13. The van der Waals surface area contributed by atoms with E-state index in [4.69, 9.17) is 15.2 Å². The molecule has 0 radical (unpaired) electrons. The summed E-state index contributed by atoms with van der Waals surface area (Å²) >= 11 is 0. The molecule has 2 aromatic heterocycles. The van der Waals surface area contributed by atoms with Gasteiger partial charge in [0.2, 0.25) is 5.95 Å². The van der Waals surface area contributed by atoms with Crippen LogP contribution in [0.1, 0.15) is 0 Å². The molecule has 0 aliphatic heterocycles. The molecule has 2 atom stereocenters. The number of H-pyrrole nitrogens is 1. The van der Waals surface area contributed by atoms with E-state index in [9.17, 15) is 38.6 Å². The largest absolute Gasteiger partial charge is 1.00 e. The molecule has 0 aromatic carbocycles. The summed E-state index contributed by atoms with van der Waals surface area (Å²) in [7, 11) is -10.3. The van der Waals surface area contributed by atoms with Crippen molar-refractivity contribution in [2.75, 3.05) is 25.3 Å². The maximum Gasteiger partial charge on any atom is 1.00 e. The van der Waals surface area contributed by atoms with Gasteiger partial charge in [0.05, 0.1) is 38.5 Å².